The first-order valence-electron chi connectivity index (χ1n) is 20.6. The monoisotopic (exact) mass is 758 g/mol. The van der Waals surface area contributed by atoms with Crippen molar-refractivity contribution in [1.82, 2.24) is 4.57 Å². The molecule has 0 radical (unpaired) electrons. The molecule has 0 aliphatic heterocycles. The van der Waals surface area contributed by atoms with E-state index in [-0.39, 0.29) is 0 Å². The first kappa shape index (κ1) is 37.3. The fourth-order valence-electron chi connectivity index (χ4n) is 8.60. The van der Waals surface area contributed by atoms with Crippen LogP contribution >= 0.6 is 0 Å². The van der Waals surface area contributed by atoms with Gasteiger partial charge in [0.05, 0.1) is 28.1 Å². The van der Waals surface area contributed by atoms with Crippen LogP contribution < -0.4 is 0 Å². The van der Waals surface area contributed by atoms with Gasteiger partial charge in [0.1, 0.15) is 0 Å². The van der Waals surface area contributed by atoms with E-state index in [2.05, 4.69) is 206 Å². The van der Waals surface area contributed by atoms with Gasteiger partial charge in [-0.15, -0.1) is 0 Å². The summed E-state index contributed by atoms with van der Waals surface area (Å²) in [6.07, 6.45) is 3.01. The number of hydrogen-bond donors (Lipinski definition) is 0. The van der Waals surface area contributed by atoms with Gasteiger partial charge < -0.3 is 4.57 Å². The number of aliphatic imine (C=N–C) groups is 1. The summed E-state index contributed by atoms with van der Waals surface area (Å²) < 4.78 is 2.48. The average molecular weight is 759 g/mol. The Hall–Kier alpha value is -7.29. The summed E-state index contributed by atoms with van der Waals surface area (Å²) in [6.45, 7) is 10.6. The Morgan fingerprint density at radius 2 is 1.07 bits per heavy atom. The molecule has 1 aliphatic carbocycles. The quantitative estimate of drug-likeness (QED) is 0.137. The summed E-state index contributed by atoms with van der Waals surface area (Å²) >= 11 is 0. The van der Waals surface area contributed by atoms with Gasteiger partial charge in [-0.1, -0.05) is 184 Å². The third kappa shape index (κ3) is 7.04. The average Bonchev–Trinajstić information content (AvgIpc) is 3.86. The lowest BCUT2D eigenvalue weighted by Gasteiger charge is -2.13. The van der Waals surface area contributed by atoms with Gasteiger partial charge in [-0.25, -0.2) is 4.99 Å². The van der Waals surface area contributed by atoms with Crippen molar-refractivity contribution in [3.63, 3.8) is 0 Å². The molecule has 0 spiro atoms. The molecule has 9 aromatic rings. The molecule has 10 rings (SSSR count). The van der Waals surface area contributed by atoms with Crippen LogP contribution in [0.15, 0.2) is 212 Å². The Kier molecular flexibility index (Phi) is 10.3. The molecule has 8 aromatic carbocycles. The van der Waals surface area contributed by atoms with Crippen LogP contribution in [-0.2, 0) is 6.42 Å². The molecule has 0 saturated carbocycles. The number of fused-ring (bicyclic) bond motifs is 6. The Balaban J connectivity index is 0.00000221. The maximum absolute atomic E-state index is 5.18. The first-order chi connectivity index (χ1) is 29.1. The molecule has 0 unspecified atom stereocenters. The van der Waals surface area contributed by atoms with Gasteiger partial charge in [0.15, 0.2) is 0 Å². The molecule has 0 amide bonds. The van der Waals surface area contributed by atoms with E-state index in [0.717, 1.165) is 40.1 Å². The summed E-state index contributed by atoms with van der Waals surface area (Å²) in [5, 5.41) is 2.53. The summed E-state index contributed by atoms with van der Waals surface area (Å²) in [5.41, 5.74) is 19.8. The second-order valence-corrected chi connectivity index (χ2v) is 14.8. The van der Waals surface area contributed by atoms with Crippen LogP contribution in [0.1, 0.15) is 48.6 Å². The van der Waals surface area contributed by atoms with E-state index >= 15 is 0 Å². The molecule has 0 bridgehead atoms. The Bertz CT molecular complexity index is 3040. The topological polar surface area (TPSA) is 17.3 Å². The Morgan fingerprint density at radius 3 is 1.83 bits per heavy atom. The van der Waals surface area contributed by atoms with Gasteiger partial charge in [0, 0.05) is 28.3 Å². The van der Waals surface area contributed by atoms with Gasteiger partial charge in [-0.05, 0) is 99.0 Å². The van der Waals surface area contributed by atoms with E-state index in [9.17, 15) is 0 Å². The van der Waals surface area contributed by atoms with E-state index < -0.39 is 0 Å². The summed E-state index contributed by atoms with van der Waals surface area (Å²) in [5.74, 6) is 0. The second-order valence-electron chi connectivity index (χ2n) is 14.8. The predicted molar refractivity (Wildman–Crippen MR) is 253 cm³/mol. The molecule has 1 aromatic heterocycles. The van der Waals surface area contributed by atoms with Crippen LogP contribution in [0.5, 0.6) is 0 Å². The van der Waals surface area contributed by atoms with Crippen LogP contribution in [0.25, 0.3) is 72.1 Å². The van der Waals surface area contributed by atoms with Gasteiger partial charge in [0.25, 0.3) is 0 Å². The molecule has 1 heterocycles. The van der Waals surface area contributed by atoms with Crippen molar-refractivity contribution in [1.29, 1.82) is 0 Å². The molecule has 2 nitrogen and oxygen atoms in total. The maximum Gasteiger partial charge on any atom is 0.0712 e. The zero-order valence-electron chi connectivity index (χ0n) is 33.9. The molecule has 0 N–H and O–H groups in total. The minimum atomic E-state index is 0.729. The standard InChI is InChI=1S/C55H40N2.C2H6/c1-37(39-17-6-3-7-18-39)33-52(41-21-10-5-11-22-41)56-38(2)42-23-14-24-44(34-42)45-26-15-27-46-47-28-16-30-54(51(47)36-49(45)46)57-53-29-13-12-25-48(53)50-35-43(31-32-55(50)57)40-19-8-4-9-20-40;1-2/h3-35H,2,36H2,1H3;1-2H3/b37-33+,56-52?;. The SMILES string of the molecule is C=C(N=C(/C=C(\C)c1ccccc1)c1ccccc1)c1cccc(-c2cccc3c2Cc2c-3cccc2-n2c3ccccc3c3cc(-c4ccccc4)ccc32)c1.CC. The van der Waals surface area contributed by atoms with E-state index in [4.69, 9.17) is 4.99 Å². The molecule has 59 heavy (non-hydrogen) atoms. The van der Waals surface area contributed by atoms with Crippen molar-refractivity contribution >= 4 is 38.8 Å². The highest BCUT2D eigenvalue weighted by Crippen LogP contribution is 2.46. The van der Waals surface area contributed by atoms with Gasteiger partial charge in [0.2, 0.25) is 0 Å². The van der Waals surface area contributed by atoms with E-state index in [0.29, 0.717) is 0 Å². The number of hydrogen-bond acceptors (Lipinski definition) is 1. The van der Waals surface area contributed by atoms with E-state index in [1.807, 2.05) is 26.0 Å². The lowest BCUT2D eigenvalue weighted by Crippen LogP contribution is -1.99. The van der Waals surface area contributed by atoms with Gasteiger partial charge in [-0.2, -0.15) is 0 Å². The number of nitrogens with zero attached hydrogens (tertiary/aromatic N) is 2. The second kappa shape index (κ2) is 16.3. The zero-order chi connectivity index (χ0) is 40.3. The maximum atomic E-state index is 5.18. The normalized spacial score (nSPS) is 12.2. The van der Waals surface area contributed by atoms with Crippen molar-refractivity contribution < 1.29 is 0 Å². The van der Waals surface area contributed by atoms with Crippen LogP contribution in [0.2, 0.25) is 0 Å². The third-order valence-corrected chi connectivity index (χ3v) is 11.4. The minimum absolute atomic E-state index is 0.729. The highest BCUT2D eigenvalue weighted by molar-refractivity contribution is 6.14. The molecular weight excluding hydrogens is 713 g/mol. The lowest BCUT2D eigenvalue weighted by molar-refractivity contribution is 1.12. The largest absolute Gasteiger partial charge is 0.309 e. The molecule has 1 aliphatic rings. The van der Waals surface area contributed by atoms with Crippen molar-refractivity contribution in [2.24, 2.45) is 4.99 Å². The summed E-state index contributed by atoms with van der Waals surface area (Å²) in [7, 11) is 0. The number of benzene rings is 8. The van der Waals surface area contributed by atoms with Crippen LogP contribution in [-0.4, -0.2) is 10.3 Å². The zero-order valence-corrected chi connectivity index (χ0v) is 33.9. The molecule has 284 valence electrons. The molecular formula is C57H46N2. The van der Waals surface area contributed by atoms with Crippen LogP contribution in [0.3, 0.4) is 0 Å². The van der Waals surface area contributed by atoms with Crippen LogP contribution in [0, 0.1) is 0 Å². The number of para-hydroxylation sites is 1. The molecule has 0 fully saturated rings. The van der Waals surface area contributed by atoms with Gasteiger partial charge >= 0.3 is 0 Å². The van der Waals surface area contributed by atoms with E-state index in [1.165, 1.54) is 72.0 Å². The number of rotatable bonds is 8. The van der Waals surface area contributed by atoms with Crippen molar-refractivity contribution in [2.45, 2.75) is 27.2 Å². The molecule has 0 saturated heterocycles. The summed E-state index contributed by atoms with van der Waals surface area (Å²) in [6, 6.07) is 69.5. The number of aromatic nitrogens is 1. The fraction of sp³-hybridized carbons (Fsp3) is 0.0702. The highest BCUT2D eigenvalue weighted by Gasteiger charge is 2.26. The lowest BCUT2D eigenvalue weighted by atomic mass is 9.94. The number of allylic oxidation sites excluding steroid dienone is 2. The fourth-order valence-corrected chi connectivity index (χ4v) is 8.60. The van der Waals surface area contributed by atoms with Crippen molar-refractivity contribution in [3.05, 3.63) is 235 Å². The molecule has 0 atom stereocenters. The first-order valence-corrected chi connectivity index (χ1v) is 20.6. The van der Waals surface area contributed by atoms with E-state index in [1.54, 1.807) is 0 Å². The predicted octanol–water partition coefficient (Wildman–Crippen LogP) is 15.3. The Morgan fingerprint density at radius 1 is 0.492 bits per heavy atom. The van der Waals surface area contributed by atoms with Crippen molar-refractivity contribution in [2.75, 3.05) is 0 Å². The van der Waals surface area contributed by atoms with Crippen molar-refractivity contribution in [3.8, 4) is 39.1 Å². The molecule has 2 heteroatoms. The van der Waals surface area contributed by atoms with Crippen LogP contribution in [0.4, 0.5) is 0 Å². The smallest absolute Gasteiger partial charge is 0.0712 e. The minimum Gasteiger partial charge on any atom is -0.309 e. The Labute approximate surface area is 347 Å². The summed E-state index contributed by atoms with van der Waals surface area (Å²) in [4.78, 5) is 5.18. The third-order valence-electron chi connectivity index (χ3n) is 11.4. The highest BCUT2D eigenvalue weighted by atomic mass is 15.0. The van der Waals surface area contributed by atoms with Gasteiger partial charge in [-0.3, -0.25) is 0 Å².